The van der Waals surface area contributed by atoms with Crippen molar-refractivity contribution in [3.05, 3.63) is 33.5 Å². The molecule has 0 fully saturated rings. The Kier molecular flexibility index (Phi) is 6.58. The average Bonchev–Trinajstić information content (AvgIpc) is 3.06. The second-order valence-electron chi connectivity index (χ2n) is 5.49. The Bertz CT molecular complexity index is 643. The fraction of sp³-hybridized carbons (Fsp3) is 0.562. The monoisotopic (exact) mass is 334 g/mol. The lowest BCUT2D eigenvalue weighted by Gasteiger charge is -2.11. The molecular formula is C16H26N6S. The van der Waals surface area contributed by atoms with Gasteiger partial charge in [-0.1, -0.05) is 0 Å². The van der Waals surface area contributed by atoms with Crippen LogP contribution in [-0.2, 0) is 13.1 Å². The largest absolute Gasteiger partial charge is 0.357 e. The van der Waals surface area contributed by atoms with Gasteiger partial charge in [0.05, 0.1) is 23.4 Å². The van der Waals surface area contributed by atoms with Crippen molar-refractivity contribution in [2.45, 2.75) is 47.2 Å². The number of aryl methyl sites for hydroxylation is 4. The molecule has 0 aliphatic carbocycles. The molecular weight excluding hydrogens is 308 g/mol. The van der Waals surface area contributed by atoms with Crippen molar-refractivity contribution in [3.63, 3.8) is 0 Å². The Labute approximate surface area is 142 Å². The van der Waals surface area contributed by atoms with E-state index in [1.54, 1.807) is 11.3 Å². The number of aromatic nitrogens is 3. The van der Waals surface area contributed by atoms with E-state index >= 15 is 0 Å². The van der Waals surface area contributed by atoms with Crippen molar-refractivity contribution in [1.82, 2.24) is 25.4 Å². The van der Waals surface area contributed by atoms with E-state index in [2.05, 4.69) is 50.3 Å². The predicted octanol–water partition coefficient (Wildman–Crippen LogP) is 2.41. The van der Waals surface area contributed by atoms with Crippen molar-refractivity contribution >= 4 is 17.3 Å². The van der Waals surface area contributed by atoms with Gasteiger partial charge >= 0.3 is 0 Å². The Morgan fingerprint density at radius 2 is 2.13 bits per heavy atom. The number of guanidine groups is 1. The Morgan fingerprint density at radius 1 is 1.30 bits per heavy atom. The maximum absolute atomic E-state index is 4.63. The van der Waals surface area contributed by atoms with Crippen LogP contribution in [0.25, 0.3) is 0 Å². The van der Waals surface area contributed by atoms with Gasteiger partial charge in [0.2, 0.25) is 0 Å². The highest BCUT2D eigenvalue weighted by atomic mass is 32.1. The third-order valence-corrected chi connectivity index (χ3v) is 4.43. The van der Waals surface area contributed by atoms with Crippen LogP contribution in [0.1, 0.15) is 35.3 Å². The van der Waals surface area contributed by atoms with Gasteiger partial charge in [-0.3, -0.25) is 4.68 Å². The van der Waals surface area contributed by atoms with Crippen LogP contribution in [0.5, 0.6) is 0 Å². The summed E-state index contributed by atoms with van der Waals surface area (Å²) in [5.41, 5.74) is 5.22. The Morgan fingerprint density at radius 3 is 2.74 bits per heavy atom. The van der Waals surface area contributed by atoms with Crippen LogP contribution in [0.3, 0.4) is 0 Å². The van der Waals surface area contributed by atoms with Crippen molar-refractivity contribution in [3.8, 4) is 0 Å². The number of rotatable bonds is 7. The van der Waals surface area contributed by atoms with E-state index in [4.69, 9.17) is 0 Å². The van der Waals surface area contributed by atoms with Crippen molar-refractivity contribution < 1.29 is 0 Å². The molecule has 0 saturated carbocycles. The zero-order chi connectivity index (χ0) is 16.7. The number of hydrogen-bond acceptors (Lipinski definition) is 4. The SMILES string of the molecule is CCNC(=NCc1scnc1C)NCCCn1nc(C)cc1C. The lowest BCUT2D eigenvalue weighted by atomic mass is 10.4. The van der Waals surface area contributed by atoms with Crippen LogP contribution in [0.2, 0.25) is 0 Å². The summed E-state index contributed by atoms with van der Waals surface area (Å²) in [7, 11) is 0. The fourth-order valence-electron chi connectivity index (χ4n) is 2.31. The molecule has 23 heavy (non-hydrogen) atoms. The number of nitrogens with zero attached hydrogens (tertiary/aromatic N) is 4. The van der Waals surface area contributed by atoms with Gasteiger partial charge in [-0.25, -0.2) is 9.98 Å². The summed E-state index contributed by atoms with van der Waals surface area (Å²) in [6.45, 7) is 11.5. The topological polar surface area (TPSA) is 67.1 Å². The van der Waals surface area contributed by atoms with Crippen LogP contribution in [-0.4, -0.2) is 33.8 Å². The number of hydrogen-bond donors (Lipinski definition) is 2. The molecule has 0 unspecified atom stereocenters. The van der Waals surface area contributed by atoms with E-state index in [1.165, 1.54) is 10.6 Å². The van der Waals surface area contributed by atoms with E-state index in [9.17, 15) is 0 Å². The number of thiazole rings is 1. The third-order valence-electron chi connectivity index (χ3n) is 3.51. The summed E-state index contributed by atoms with van der Waals surface area (Å²) in [5, 5.41) is 11.1. The molecule has 2 N–H and O–H groups in total. The van der Waals surface area contributed by atoms with Crippen LogP contribution in [0.4, 0.5) is 0 Å². The lowest BCUT2D eigenvalue weighted by Crippen LogP contribution is -2.38. The second kappa shape index (κ2) is 8.67. The van der Waals surface area contributed by atoms with E-state index in [1.807, 2.05) is 19.4 Å². The van der Waals surface area contributed by atoms with E-state index in [0.717, 1.165) is 43.4 Å². The van der Waals surface area contributed by atoms with E-state index in [0.29, 0.717) is 6.54 Å². The first-order chi connectivity index (χ1) is 11.1. The minimum Gasteiger partial charge on any atom is -0.357 e. The molecule has 0 aliphatic rings. The molecule has 7 heteroatoms. The summed E-state index contributed by atoms with van der Waals surface area (Å²) in [6, 6.07) is 2.11. The smallest absolute Gasteiger partial charge is 0.191 e. The zero-order valence-corrected chi connectivity index (χ0v) is 15.2. The van der Waals surface area contributed by atoms with Crippen LogP contribution >= 0.6 is 11.3 Å². The third kappa shape index (κ3) is 5.35. The highest BCUT2D eigenvalue weighted by Crippen LogP contribution is 2.12. The fourth-order valence-corrected chi connectivity index (χ4v) is 3.01. The molecule has 6 nitrogen and oxygen atoms in total. The first-order valence-electron chi connectivity index (χ1n) is 8.02. The van der Waals surface area contributed by atoms with Gasteiger partial charge in [0.25, 0.3) is 0 Å². The minimum atomic E-state index is 0.670. The molecule has 0 spiro atoms. The van der Waals surface area contributed by atoms with Crippen molar-refractivity contribution in [2.75, 3.05) is 13.1 Å². The highest BCUT2D eigenvalue weighted by Gasteiger charge is 2.03. The summed E-state index contributed by atoms with van der Waals surface area (Å²) >= 11 is 1.65. The molecule has 2 rings (SSSR count). The normalized spacial score (nSPS) is 11.7. The molecule has 0 radical (unpaired) electrons. The molecule has 0 atom stereocenters. The molecule has 2 heterocycles. The second-order valence-corrected chi connectivity index (χ2v) is 6.43. The standard InChI is InChI=1S/C16H26N6S/c1-5-17-16(19-10-15-14(4)20-11-23-15)18-7-6-8-22-13(3)9-12(2)21-22/h9,11H,5-8,10H2,1-4H3,(H2,17,18,19). The Hall–Kier alpha value is -1.89. The summed E-state index contributed by atoms with van der Waals surface area (Å²) in [5.74, 6) is 0.855. The van der Waals surface area contributed by atoms with Crippen LogP contribution in [0, 0.1) is 20.8 Å². The first kappa shape index (κ1) is 17.5. The number of nitrogens with one attached hydrogen (secondary N) is 2. The molecule has 2 aromatic heterocycles. The van der Waals surface area contributed by atoms with Gasteiger partial charge in [-0.2, -0.15) is 5.10 Å². The zero-order valence-electron chi connectivity index (χ0n) is 14.4. The lowest BCUT2D eigenvalue weighted by molar-refractivity contribution is 0.555. The molecule has 0 amide bonds. The van der Waals surface area contributed by atoms with Gasteiger partial charge in [-0.15, -0.1) is 11.3 Å². The molecule has 0 saturated heterocycles. The average molecular weight is 334 g/mol. The molecule has 0 aromatic carbocycles. The van der Waals surface area contributed by atoms with Crippen molar-refractivity contribution in [1.29, 1.82) is 0 Å². The molecule has 126 valence electrons. The summed E-state index contributed by atoms with van der Waals surface area (Å²) < 4.78 is 2.06. The summed E-state index contributed by atoms with van der Waals surface area (Å²) in [6.07, 6.45) is 1.01. The van der Waals surface area contributed by atoms with Gasteiger partial charge in [0.15, 0.2) is 5.96 Å². The minimum absolute atomic E-state index is 0.670. The van der Waals surface area contributed by atoms with Crippen LogP contribution < -0.4 is 10.6 Å². The van der Waals surface area contributed by atoms with Gasteiger partial charge in [0.1, 0.15) is 0 Å². The highest BCUT2D eigenvalue weighted by molar-refractivity contribution is 7.09. The van der Waals surface area contributed by atoms with Gasteiger partial charge in [-0.05, 0) is 40.2 Å². The molecule has 0 aliphatic heterocycles. The molecule has 0 bridgehead atoms. The van der Waals surface area contributed by atoms with Crippen molar-refractivity contribution in [2.24, 2.45) is 4.99 Å². The Balaban J connectivity index is 1.80. The van der Waals surface area contributed by atoms with E-state index in [-0.39, 0.29) is 0 Å². The van der Waals surface area contributed by atoms with Gasteiger partial charge < -0.3 is 10.6 Å². The van der Waals surface area contributed by atoms with Crippen LogP contribution in [0.15, 0.2) is 16.6 Å². The van der Waals surface area contributed by atoms with Gasteiger partial charge in [0, 0.05) is 30.2 Å². The number of aliphatic imine (C=N–C) groups is 1. The maximum atomic E-state index is 4.63. The first-order valence-corrected chi connectivity index (χ1v) is 8.90. The predicted molar refractivity (Wildman–Crippen MR) is 96.0 cm³/mol. The molecule has 2 aromatic rings. The summed E-state index contributed by atoms with van der Waals surface area (Å²) in [4.78, 5) is 10.1. The maximum Gasteiger partial charge on any atom is 0.191 e. The quantitative estimate of drug-likeness (QED) is 0.463. The van der Waals surface area contributed by atoms with E-state index < -0.39 is 0 Å².